The minimum atomic E-state index is -4.22. The maximum Gasteiger partial charge on any atom is 0.256 e. The molecule has 1 aliphatic carbocycles. The number of carbonyl (C=O) groups is 1. The van der Waals surface area contributed by atoms with Gasteiger partial charge in [0, 0.05) is 61.6 Å². The normalized spacial score (nSPS) is 16.9. The molecular weight excluding hydrogens is 574 g/mol. The summed E-state index contributed by atoms with van der Waals surface area (Å²) in [6.45, 7) is 4.69. The average Bonchev–Trinajstić information content (AvgIpc) is 3.42. The number of benzene rings is 3. The number of piperazine rings is 1. The van der Waals surface area contributed by atoms with Crippen molar-refractivity contribution >= 4 is 38.2 Å². The van der Waals surface area contributed by atoms with Crippen molar-refractivity contribution in [2.75, 3.05) is 43.1 Å². The lowest BCUT2D eigenvalue weighted by atomic mass is 9.96. The lowest BCUT2D eigenvalue weighted by molar-refractivity contribution is 0.102. The van der Waals surface area contributed by atoms with Gasteiger partial charge in [-0.3, -0.25) is 14.8 Å². The number of rotatable bonds is 8. The van der Waals surface area contributed by atoms with Crippen molar-refractivity contribution in [2.45, 2.75) is 47.9 Å². The molecule has 226 valence electrons. The van der Waals surface area contributed by atoms with Gasteiger partial charge in [0.1, 0.15) is 11.6 Å². The lowest BCUT2D eigenvalue weighted by Crippen LogP contribution is -2.50. The monoisotopic (exact) mass is 608 g/mol. The van der Waals surface area contributed by atoms with E-state index in [-0.39, 0.29) is 10.7 Å². The molecule has 3 N–H and O–H groups in total. The number of nitrogens with zero attached hydrogens (tertiary/aromatic N) is 3. The van der Waals surface area contributed by atoms with Gasteiger partial charge in [0.2, 0.25) is 9.84 Å². The number of halogens is 2. The molecule has 0 unspecified atom stereocenters. The van der Waals surface area contributed by atoms with E-state index >= 15 is 0 Å². The molecule has 1 saturated carbocycles. The van der Waals surface area contributed by atoms with Crippen LogP contribution >= 0.6 is 0 Å². The molecule has 2 heterocycles. The zero-order chi connectivity index (χ0) is 30.0. The van der Waals surface area contributed by atoms with Crippen molar-refractivity contribution in [3.8, 4) is 0 Å². The SMILES string of the molecule is O=C(Nc1n[nH]c2ccc(S(=O)(=O)c3cc(F)cc(F)c3)cc12)c1ccc(N2CCN(CNC3CCCCC3)CC2)cc1. The molecule has 3 aromatic carbocycles. The predicted octanol–water partition coefficient (Wildman–Crippen LogP) is 4.93. The Kier molecular flexibility index (Phi) is 8.42. The first-order valence-corrected chi connectivity index (χ1v) is 16.1. The van der Waals surface area contributed by atoms with Crippen LogP contribution in [0.2, 0.25) is 0 Å². The van der Waals surface area contributed by atoms with Crippen LogP contribution in [0.1, 0.15) is 42.5 Å². The van der Waals surface area contributed by atoms with Crippen LogP contribution in [0.3, 0.4) is 0 Å². The van der Waals surface area contributed by atoms with Crippen molar-refractivity contribution in [3.05, 3.63) is 77.9 Å². The highest BCUT2D eigenvalue weighted by Crippen LogP contribution is 2.29. The molecule has 0 spiro atoms. The second kappa shape index (κ2) is 12.4. The number of nitrogens with one attached hydrogen (secondary N) is 3. The Bertz CT molecular complexity index is 1690. The molecule has 2 aliphatic rings. The van der Waals surface area contributed by atoms with E-state index in [9.17, 15) is 22.0 Å². The van der Waals surface area contributed by atoms with E-state index in [1.54, 1.807) is 12.1 Å². The van der Waals surface area contributed by atoms with Gasteiger partial charge >= 0.3 is 0 Å². The molecule has 2 fully saturated rings. The van der Waals surface area contributed by atoms with E-state index in [4.69, 9.17) is 0 Å². The van der Waals surface area contributed by atoms with Crippen LogP contribution in [0.4, 0.5) is 20.3 Å². The molecular formula is C31H34F2N6O3S. The standard InChI is InChI=1S/C31H34F2N6O3S/c32-22-16-23(33)18-27(17-22)43(41,42)26-10-11-29-28(19-26)30(37-36-29)35-31(40)21-6-8-25(9-7-21)39-14-12-38(13-15-39)20-34-24-4-2-1-3-5-24/h6-11,16-19,24,34H,1-5,12-15,20H2,(H2,35,36,37,40). The topological polar surface area (TPSA) is 110 Å². The Morgan fingerprint density at radius 1 is 0.884 bits per heavy atom. The zero-order valence-corrected chi connectivity index (χ0v) is 24.5. The molecule has 1 aliphatic heterocycles. The summed E-state index contributed by atoms with van der Waals surface area (Å²) in [5.41, 5.74) is 1.96. The van der Waals surface area contributed by atoms with Gasteiger partial charge in [-0.1, -0.05) is 19.3 Å². The molecule has 0 atom stereocenters. The van der Waals surface area contributed by atoms with E-state index in [1.165, 1.54) is 50.3 Å². The van der Waals surface area contributed by atoms with Crippen LogP contribution in [0.5, 0.6) is 0 Å². The van der Waals surface area contributed by atoms with Crippen LogP contribution < -0.4 is 15.5 Å². The van der Waals surface area contributed by atoms with E-state index in [0.717, 1.165) is 50.7 Å². The molecule has 1 aromatic heterocycles. The molecule has 0 radical (unpaired) electrons. The van der Waals surface area contributed by atoms with Crippen molar-refractivity contribution < 1.29 is 22.0 Å². The summed E-state index contributed by atoms with van der Waals surface area (Å²) in [4.78, 5) is 17.1. The fraction of sp³-hybridized carbons (Fsp3) is 0.355. The summed E-state index contributed by atoms with van der Waals surface area (Å²) in [5, 5.41) is 13.7. The molecule has 0 bridgehead atoms. The number of hydrogen-bond acceptors (Lipinski definition) is 7. The first-order chi connectivity index (χ1) is 20.8. The fourth-order valence-corrected chi connectivity index (χ4v) is 7.14. The van der Waals surface area contributed by atoms with Gasteiger partial charge in [-0.2, -0.15) is 5.10 Å². The highest BCUT2D eigenvalue weighted by Gasteiger charge is 2.23. The number of aromatic nitrogens is 2. The summed E-state index contributed by atoms with van der Waals surface area (Å²) in [5.74, 6) is -2.25. The van der Waals surface area contributed by atoms with Gasteiger partial charge in [-0.25, -0.2) is 17.2 Å². The van der Waals surface area contributed by atoms with Crippen LogP contribution in [0.15, 0.2) is 70.5 Å². The molecule has 12 heteroatoms. The minimum absolute atomic E-state index is 0.143. The Morgan fingerprint density at radius 2 is 1.58 bits per heavy atom. The molecule has 1 amide bonds. The highest BCUT2D eigenvalue weighted by atomic mass is 32.2. The minimum Gasteiger partial charge on any atom is -0.369 e. The molecule has 4 aromatic rings. The van der Waals surface area contributed by atoms with Crippen molar-refractivity contribution in [1.82, 2.24) is 20.4 Å². The first-order valence-electron chi connectivity index (χ1n) is 14.6. The molecule has 43 heavy (non-hydrogen) atoms. The Balaban J connectivity index is 1.09. The third kappa shape index (κ3) is 6.56. The molecule has 9 nitrogen and oxygen atoms in total. The number of hydrogen-bond donors (Lipinski definition) is 3. The largest absolute Gasteiger partial charge is 0.369 e. The smallest absolute Gasteiger partial charge is 0.256 e. The van der Waals surface area contributed by atoms with Gasteiger partial charge in [-0.05, 0) is 67.4 Å². The summed E-state index contributed by atoms with van der Waals surface area (Å²) in [7, 11) is -4.22. The maximum atomic E-state index is 13.7. The van der Waals surface area contributed by atoms with Crippen LogP contribution in [0.25, 0.3) is 10.9 Å². The Labute approximate surface area is 249 Å². The number of H-pyrrole nitrogens is 1. The Hall–Kier alpha value is -3.87. The lowest BCUT2D eigenvalue weighted by Gasteiger charge is -2.37. The second-order valence-corrected chi connectivity index (χ2v) is 13.1. The predicted molar refractivity (Wildman–Crippen MR) is 161 cm³/mol. The number of fused-ring (bicyclic) bond motifs is 1. The Morgan fingerprint density at radius 3 is 2.28 bits per heavy atom. The number of carbonyl (C=O) groups excluding carboxylic acids is 1. The maximum absolute atomic E-state index is 13.7. The van der Waals surface area contributed by atoms with Crippen LogP contribution in [0, 0.1) is 11.6 Å². The van der Waals surface area contributed by atoms with Gasteiger partial charge in [0.05, 0.1) is 15.3 Å². The number of amides is 1. The average molecular weight is 609 g/mol. The number of sulfone groups is 1. The number of aromatic amines is 1. The van der Waals surface area contributed by atoms with Gasteiger partial charge in [-0.15, -0.1) is 0 Å². The summed E-state index contributed by atoms with van der Waals surface area (Å²) in [6.07, 6.45) is 6.55. The van der Waals surface area contributed by atoms with Crippen LogP contribution in [-0.2, 0) is 9.84 Å². The summed E-state index contributed by atoms with van der Waals surface area (Å²) < 4.78 is 53.6. The van der Waals surface area contributed by atoms with Crippen molar-refractivity contribution in [2.24, 2.45) is 0 Å². The van der Waals surface area contributed by atoms with Gasteiger partial charge in [0.15, 0.2) is 5.82 Å². The van der Waals surface area contributed by atoms with E-state index < -0.39 is 32.3 Å². The number of anilines is 2. The first kappa shape index (κ1) is 29.2. The highest BCUT2D eigenvalue weighted by molar-refractivity contribution is 7.91. The van der Waals surface area contributed by atoms with E-state index in [0.29, 0.717) is 28.6 Å². The molecule has 6 rings (SSSR count). The zero-order valence-electron chi connectivity index (χ0n) is 23.7. The van der Waals surface area contributed by atoms with E-state index in [1.807, 2.05) is 12.1 Å². The van der Waals surface area contributed by atoms with E-state index in [2.05, 4.69) is 30.6 Å². The third-order valence-corrected chi connectivity index (χ3v) is 10.0. The second-order valence-electron chi connectivity index (χ2n) is 11.2. The van der Waals surface area contributed by atoms with Crippen molar-refractivity contribution in [1.29, 1.82) is 0 Å². The molecule has 1 saturated heterocycles. The summed E-state index contributed by atoms with van der Waals surface area (Å²) in [6, 6.07) is 14.3. The van der Waals surface area contributed by atoms with Gasteiger partial charge in [0.25, 0.3) is 5.91 Å². The fourth-order valence-electron chi connectivity index (χ4n) is 5.81. The quantitative estimate of drug-likeness (QED) is 0.260. The van der Waals surface area contributed by atoms with Gasteiger partial charge < -0.3 is 15.5 Å². The summed E-state index contributed by atoms with van der Waals surface area (Å²) >= 11 is 0. The third-order valence-electron chi connectivity index (χ3n) is 8.30. The van der Waals surface area contributed by atoms with Crippen molar-refractivity contribution in [3.63, 3.8) is 0 Å². The van der Waals surface area contributed by atoms with Crippen LogP contribution in [-0.4, -0.2) is 68.3 Å².